The molecule has 0 radical (unpaired) electrons. The van der Waals surface area contributed by atoms with E-state index < -0.39 is 5.25 Å². The number of hydrogen-bond acceptors (Lipinski definition) is 5. The fraction of sp³-hybridized carbons (Fsp3) is 0.158. The Bertz CT molecular complexity index is 1030. The topological polar surface area (TPSA) is 83.6 Å². The SMILES string of the molecule is Cc1ccccc1-n1cnnc1SC(C)C(=O)Nc1ccc(C#N)c(Cl)c1. The molecule has 136 valence electrons. The van der Waals surface area contributed by atoms with E-state index in [2.05, 4.69) is 15.5 Å². The lowest BCUT2D eigenvalue weighted by atomic mass is 10.2. The third kappa shape index (κ3) is 4.30. The summed E-state index contributed by atoms with van der Waals surface area (Å²) in [5.74, 6) is -0.194. The minimum absolute atomic E-state index is 0.194. The largest absolute Gasteiger partial charge is 0.325 e. The molecule has 1 unspecified atom stereocenters. The zero-order chi connectivity index (χ0) is 19.4. The van der Waals surface area contributed by atoms with Crippen LogP contribution in [0.2, 0.25) is 5.02 Å². The first kappa shape index (κ1) is 19.0. The standard InChI is InChI=1S/C19H16ClN5OS/c1-12-5-3-4-6-17(12)25-11-22-24-19(25)27-13(2)18(26)23-15-8-7-14(10-21)16(20)9-15/h3-9,11,13H,1-2H3,(H,23,26). The second-order valence-electron chi connectivity index (χ2n) is 5.83. The number of nitriles is 1. The first-order valence-electron chi connectivity index (χ1n) is 8.13. The molecule has 2 aromatic carbocycles. The second-order valence-corrected chi connectivity index (χ2v) is 7.54. The molecule has 3 rings (SSSR count). The first-order chi connectivity index (χ1) is 13.0. The molecule has 0 fully saturated rings. The molecule has 0 aliphatic rings. The van der Waals surface area contributed by atoms with Gasteiger partial charge >= 0.3 is 0 Å². The van der Waals surface area contributed by atoms with E-state index in [1.54, 1.807) is 31.5 Å². The number of nitrogens with zero attached hydrogens (tertiary/aromatic N) is 4. The number of nitrogens with one attached hydrogen (secondary N) is 1. The molecule has 1 atom stereocenters. The molecule has 1 amide bonds. The highest BCUT2D eigenvalue weighted by molar-refractivity contribution is 8.00. The summed E-state index contributed by atoms with van der Waals surface area (Å²) in [6.45, 7) is 3.80. The first-order valence-corrected chi connectivity index (χ1v) is 9.38. The maximum absolute atomic E-state index is 12.5. The number of para-hydroxylation sites is 1. The summed E-state index contributed by atoms with van der Waals surface area (Å²) in [5, 5.41) is 20.4. The number of aryl methyl sites for hydroxylation is 1. The van der Waals surface area contributed by atoms with E-state index in [1.807, 2.05) is 41.8 Å². The van der Waals surface area contributed by atoms with Gasteiger partial charge in [0.1, 0.15) is 12.4 Å². The Morgan fingerprint density at radius 1 is 1.33 bits per heavy atom. The van der Waals surface area contributed by atoms with Gasteiger partial charge in [-0.1, -0.05) is 41.6 Å². The Kier molecular flexibility index (Phi) is 5.79. The van der Waals surface area contributed by atoms with Gasteiger partial charge in [-0.3, -0.25) is 9.36 Å². The van der Waals surface area contributed by atoms with E-state index in [0.717, 1.165) is 11.3 Å². The number of halogens is 1. The maximum atomic E-state index is 12.5. The third-order valence-corrected chi connectivity index (χ3v) is 5.27. The number of amides is 1. The van der Waals surface area contributed by atoms with Gasteiger partial charge in [-0.2, -0.15) is 5.26 Å². The van der Waals surface area contributed by atoms with Crippen molar-refractivity contribution in [2.75, 3.05) is 5.32 Å². The highest BCUT2D eigenvalue weighted by atomic mass is 35.5. The minimum Gasteiger partial charge on any atom is -0.325 e. The van der Waals surface area contributed by atoms with Gasteiger partial charge in [-0.25, -0.2) is 0 Å². The number of hydrogen-bond donors (Lipinski definition) is 1. The second kappa shape index (κ2) is 8.25. The molecular formula is C19H16ClN5OS. The predicted molar refractivity (Wildman–Crippen MR) is 106 cm³/mol. The molecule has 1 aromatic heterocycles. The summed E-state index contributed by atoms with van der Waals surface area (Å²) >= 11 is 7.32. The predicted octanol–water partition coefficient (Wildman–Crippen LogP) is 4.22. The number of benzene rings is 2. The Labute approximate surface area is 166 Å². The number of carbonyl (C=O) groups excluding carboxylic acids is 1. The van der Waals surface area contributed by atoms with Crippen molar-refractivity contribution < 1.29 is 4.79 Å². The summed E-state index contributed by atoms with van der Waals surface area (Å²) in [5.41, 5.74) is 2.96. The van der Waals surface area contributed by atoms with Gasteiger partial charge in [0.2, 0.25) is 5.91 Å². The van der Waals surface area contributed by atoms with E-state index in [4.69, 9.17) is 16.9 Å². The highest BCUT2D eigenvalue weighted by Gasteiger charge is 2.19. The third-order valence-electron chi connectivity index (χ3n) is 3.90. The van der Waals surface area contributed by atoms with Crippen molar-refractivity contribution in [1.29, 1.82) is 5.26 Å². The molecule has 0 spiro atoms. The van der Waals surface area contributed by atoms with Crippen molar-refractivity contribution in [3.8, 4) is 11.8 Å². The smallest absolute Gasteiger partial charge is 0.237 e. The van der Waals surface area contributed by atoms with Crippen LogP contribution in [0, 0.1) is 18.3 Å². The van der Waals surface area contributed by atoms with E-state index in [9.17, 15) is 4.79 Å². The van der Waals surface area contributed by atoms with Gasteiger partial charge in [0.15, 0.2) is 5.16 Å². The van der Waals surface area contributed by atoms with Crippen LogP contribution in [0.3, 0.4) is 0 Å². The molecule has 1 N–H and O–H groups in total. The Hall–Kier alpha value is -2.82. The highest BCUT2D eigenvalue weighted by Crippen LogP contribution is 2.26. The average Bonchev–Trinajstić information content (AvgIpc) is 3.10. The Balaban J connectivity index is 1.73. The summed E-state index contributed by atoms with van der Waals surface area (Å²) in [6.07, 6.45) is 1.63. The summed E-state index contributed by atoms with van der Waals surface area (Å²) in [4.78, 5) is 12.5. The van der Waals surface area contributed by atoms with Crippen LogP contribution in [-0.2, 0) is 4.79 Å². The molecule has 0 aliphatic carbocycles. The number of thioether (sulfide) groups is 1. The van der Waals surface area contributed by atoms with E-state index in [-0.39, 0.29) is 5.91 Å². The normalized spacial score (nSPS) is 11.6. The number of carbonyl (C=O) groups is 1. The summed E-state index contributed by atoms with van der Waals surface area (Å²) in [6, 6.07) is 14.7. The lowest BCUT2D eigenvalue weighted by Crippen LogP contribution is -2.22. The summed E-state index contributed by atoms with van der Waals surface area (Å²) < 4.78 is 1.86. The van der Waals surface area contributed by atoms with E-state index in [1.165, 1.54) is 11.8 Å². The molecule has 0 saturated carbocycles. The van der Waals surface area contributed by atoms with E-state index >= 15 is 0 Å². The maximum Gasteiger partial charge on any atom is 0.237 e. The Morgan fingerprint density at radius 2 is 2.11 bits per heavy atom. The molecule has 8 heteroatoms. The van der Waals surface area contributed by atoms with Crippen molar-refractivity contribution in [1.82, 2.24) is 14.8 Å². The molecule has 6 nitrogen and oxygen atoms in total. The van der Waals surface area contributed by atoms with Crippen molar-refractivity contribution in [3.05, 3.63) is 64.9 Å². The van der Waals surface area contributed by atoms with E-state index in [0.29, 0.717) is 21.4 Å². The number of aromatic nitrogens is 3. The van der Waals surface area contributed by atoms with Crippen LogP contribution in [0.4, 0.5) is 5.69 Å². The van der Waals surface area contributed by atoms with Crippen LogP contribution in [0.15, 0.2) is 53.9 Å². The van der Waals surface area contributed by atoms with Crippen molar-refractivity contribution >= 4 is 35.0 Å². The van der Waals surface area contributed by atoms with Gasteiger partial charge in [-0.05, 0) is 43.7 Å². The van der Waals surface area contributed by atoms with Crippen LogP contribution in [-0.4, -0.2) is 25.9 Å². The number of anilines is 1. The molecule has 0 bridgehead atoms. The van der Waals surface area contributed by atoms with Crippen LogP contribution < -0.4 is 5.32 Å². The van der Waals surface area contributed by atoms with Gasteiger partial charge in [0.25, 0.3) is 0 Å². The lowest BCUT2D eigenvalue weighted by Gasteiger charge is -2.13. The molecule has 3 aromatic rings. The van der Waals surface area contributed by atoms with Crippen LogP contribution in [0.5, 0.6) is 0 Å². The molecule has 0 aliphatic heterocycles. The average molecular weight is 398 g/mol. The van der Waals surface area contributed by atoms with Gasteiger partial charge in [0, 0.05) is 5.69 Å². The Morgan fingerprint density at radius 3 is 2.81 bits per heavy atom. The van der Waals surface area contributed by atoms with Crippen LogP contribution >= 0.6 is 23.4 Å². The van der Waals surface area contributed by atoms with Crippen molar-refractivity contribution in [2.45, 2.75) is 24.3 Å². The molecule has 0 saturated heterocycles. The summed E-state index contributed by atoms with van der Waals surface area (Å²) in [7, 11) is 0. The fourth-order valence-corrected chi connectivity index (χ4v) is 3.50. The van der Waals surface area contributed by atoms with Crippen molar-refractivity contribution in [2.24, 2.45) is 0 Å². The van der Waals surface area contributed by atoms with Crippen LogP contribution in [0.1, 0.15) is 18.1 Å². The lowest BCUT2D eigenvalue weighted by molar-refractivity contribution is -0.115. The zero-order valence-corrected chi connectivity index (χ0v) is 16.3. The molecular weight excluding hydrogens is 382 g/mol. The van der Waals surface area contributed by atoms with Gasteiger partial charge in [0.05, 0.1) is 21.5 Å². The van der Waals surface area contributed by atoms with Gasteiger partial charge in [-0.15, -0.1) is 10.2 Å². The zero-order valence-electron chi connectivity index (χ0n) is 14.7. The molecule has 1 heterocycles. The molecule has 27 heavy (non-hydrogen) atoms. The van der Waals surface area contributed by atoms with Crippen LogP contribution in [0.25, 0.3) is 5.69 Å². The monoisotopic (exact) mass is 397 g/mol. The fourth-order valence-electron chi connectivity index (χ4n) is 2.44. The van der Waals surface area contributed by atoms with Crippen molar-refractivity contribution in [3.63, 3.8) is 0 Å². The minimum atomic E-state index is -0.411. The van der Waals surface area contributed by atoms with Gasteiger partial charge < -0.3 is 5.32 Å². The quantitative estimate of drug-likeness (QED) is 0.651. The number of rotatable bonds is 5.